The molecule has 0 heterocycles. The summed E-state index contributed by atoms with van der Waals surface area (Å²) >= 11 is 0. The van der Waals surface area contributed by atoms with Gasteiger partial charge in [-0.15, -0.1) is 0 Å². The summed E-state index contributed by atoms with van der Waals surface area (Å²) in [5.74, 6) is 0. The fourth-order valence-corrected chi connectivity index (χ4v) is 2.56. The van der Waals surface area contributed by atoms with Crippen LogP contribution in [-0.2, 0) is 6.54 Å². The molecule has 0 bridgehead atoms. The van der Waals surface area contributed by atoms with Crippen molar-refractivity contribution in [3.8, 4) is 0 Å². The predicted octanol–water partition coefficient (Wildman–Crippen LogP) is 4.26. The first-order valence-corrected chi connectivity index (χ1v) is 8.19. The maximum atomic E-state index is 6.29. The van der Waals surface area contributed by atoms with Gasteiger partial charge in [-0.3, -0.25) is 4.99 Å². The SMILES string of the molecule is NC(=CC(=NCc1cccc(N)c1)c1ccccc1)c1ccccc1. The lowest BCUT2D eigenvalue weighted by atomic mass is 10.1. The van der Waals surface area contributed by atoms with Crippen molar-refractivity contribution in [3.63, 3.8) is 0 Å². The van der Waals surface area contributed by atoms with Crippen LogP contribution in [-0.4, -0.2) is 5.71 Å². The summed E-state index contributed by atoms with van der Waals surface area (Å²) in [6.45, 7) is 0.549. The van der Waals surface area contributed by atoms with E-state index in [0.717, 1.165) is 28.1 Å². The van der Waals surface area contributed by atoms with E-state index in [1.54, 1.807) is 0 Å². The maximum Gasteiger partial charge on any atom is 0.0671 e. The van der Waals surface area contributed by atoms with Crippen molar-refractivity contribution in [2.75, 3.05) is 5.73 Å². The molecule has 0 spiro atoms. The molecule has 0 aromatic heterocycles. The average molecular weight is 327 g/mol. The molecule has 0 radical (unpaired) electrons. The molecule has 3 aromatic rings. The zero-order valence-electron chi connectivity index (χ0n) is 14.0. The van der Waals surface area contributed by atoms with Crippen molar-refractivity contribution in [2.24, 2.45) is 10.7 Å². The summed E-state index contributed by atoms with van der Waals surface area (Å²) in [7, 11) is 0. The Morgan fingerprint density at radius 2 is 1.44 bits per heavy atom. The van der Waals surface area contributed by atoms with Crippen LogP contribution in [0, 0.1) is 0 Å². The fraction of sp³-hybridized carbons (Fsp3) is 0.0455. The van der Waals surface area contributed by atoms with Crippen molar-refractivity contribution in [1.82, 2.24) is 0 Å². The van der Waals surface area contributed by atoms with Crippen LogP contribution in [0.25, 0.3) is 5.70 Å². The van der Waals surface area contributed by atoms with Crippen LogP contribution in [0.5, 0.6) is 0 Å². The molecule has 3 rings (SSSR count). The molecule has 0 fully saturated rings. The van der Waals surface area contributed by atoms with E-state index in [4.69, 9.17) is 16.5 Å². The first kappa shape index (κ1) is 16.5. The van der Waals surface area contributed by atoms with Gasteiger partial charge in [-0.05, 0) is 34.9 Å². The second-order valence-electron chi connectivity index (χ2n) is 5.78. The highest BCUT2D eigenvalue weighted by Gasteiger charge is 2.03. The van der Waals surface area contributed by atoms with Gasteiger partial charge in [0.25, 0.3) is 0 Å². The van der Waals surface area contributed by atoms with Crippen LogP contribution in [0.4, 0.5) is 5.69 Å². The lowest BCUT2D eigenvalue weighted by Crippen LogP contribution is -2.04. The topological polar surface area (TPSA) is 64.4 Å². The molecular weight excluding hydrogens is 306 g/mol. The van der Waals surface area contributed by atoms with Gasteiger partial charge in [0.15, 0.2) is 0 Å². The number of rotatable bonds is 5. The standard InChI is InChI=1S/C22H21N3/c23-20-13-7-8-17(14-20)16-25-22(19-11-5-2-6-12-19)15-21(24)18-9-3-1-4-10-18/h1-15H,16,23-24H2. The van der Waals surface area contributed by atoms with Gasteiger partial charge >= 0.3 is 0 Å². The molecule has 3 heteroatoms. The van der Waals surface area contributed by atoms with Crippen molar-refractivity contribution in [3.05, 3.63) is 108 Å². The van der Waals surface area contributed by atoms with E-state index in [9.17, 15) is 0 Å². The van der Waals surface area contributed by atoms with Crippen LogP contribution in [0.1, 0.15) is 16.7 Å². The van der Waals surface area contributed by atoms with Gasteiger partial charge in [0.1, 0.15) is 0 Å². The smallest absolute Gasteiger partial charge is 0.0671 e. The minimum Gasteiger partial charge on any atom is -0.399 e. The van der Waals surface area contributed by atoms with Crippen molar-refractivity contribution in [2.45, 2.75) is 6.54 Å². The molecule has 0 aliphatic heterocycles. The van der Waals surface area contributed by atoms with E-state index in [-0.39, 0.29) is 0 Å². The number of benzene rings is 3. The van der Waals surface area contributed by atoms with Gasteiger partial charge in [-0.1, -0.05) is 72.8 Å². The summed E-state index contributed by atoms with van der Waals surface area (Å²) in [6.07, 6.45) is 1.93. The lowest BCUT2D eigenvalue weighted by Gasteiger charge is -2.07. The molecule has 0 saturated carbocycles. The van der Waals surface area contributed by atoms with E-state index in [0.29, 0.717) is 12.2 Å². The van der Waals surface area contributed by atoms with Crippen LogP contribution < -0.4 is 11.5 Å². The number of allylic oxidation sites excluding steroid dienone is 1. The van der Waals surface area contributed by atoms with E-state index < -0.39 is 0 Å². The van der Waals surface area contributed by atoms with Crippen molar-refractivity contribution in [1.29, 1.82) is 0 Å². The lowest BCUT2D eigenvalue weighted by molar-refractivity contribution is 1.07. The third-order valence-corrected chi connectivity index (χ3v) is 3.85. The first-order chi connectivity index (χ1) is 12.2. The van der Waals surface area contributed by atoms with Gasteiger partial charge in [-0.25, -0.2) is 0 Å². The summed E-state index contributed by atoms with van der Waals surface area (Å²) in [5, 5.41) is 0. The highest BCUT2D eigenvalue weighted by atomic mass is 14.7. The normalized spacial score (nSPS) is 12.2. The largest absolute Gasteiger partial charge is 0.399 e. The van der Waals surface area contributed by atoms with Crippen LogP contribution in [0.15, 0.2) is 96.0 Å². The van der Waals surface area contributed by atoms with Crippen LogP contribution in [0.2, 0.25) is 0 Å². The zero-order chi connectivity index (χ0) is 17.5. The molecule has 0 aliphatic carbocycles. The third kappa shape index (κ3) is 4.58. The van der Waals surface area contributed by atoms with Gasteiger partial charge in [0, 0.05) is 11.4 Å². The first-order valence-electron chi connectivity index (χ1n) is 8.19. The second kappa shape index (κ2) is 7.97. The minimum atomic E-state index is 0.549. The Morgan fingerprint density at radius 3 is 2.08 bits per heavy atom. The molecular formula is C22H21N3. The van der Waals surface area contributed by atoms with E-state index in [1.165, 1.54) is 0 Å². The van der Waals surface area contributed by atoms with E-state index in [1.807, 2.05) is 91.0 Å². The Hall–Kier alpha value is -3.33. The molecule has 25 heavy (non-hydrogen) atoms. The van der Waals surface area contributed by atoms with Gasteiger partial charge in [0.05, 0.1) is 12.3 Å². The number of hydrogen-bond donors (Lipinski definition) is 2. The Balaban J connectivity index is 1.94. The molecule has 4 N–H and O–H groups in total. The zero-order valence-corrected chi connectivity index (χ0v) is 14.0. The molecule has 3 nitrogen and oxygen atoms in total. The minimum absolute atomic E-state index is 0.549. The van der Waals surface area contributed by atoms with E-state index >= 15 is 0 Å². The molecule has 0 aliphatic rings. The Bertz CT molecular complexity index is 881. The second-order valence-corrected chi connectivity index (χ2v) is 5.78. The predicted molar refractivity (Wildman–Crippen MR) is 106 cm³/mol. The van der Waals surface area contributed by atoms with Crippen LogP contribution >= 0.6 is 0 Å². The highest BCUT2D eigenvalue weighted by Crippen LogP contribution is 2.13. The average Bonchev–Trinajstić information content (AvgIpc) is 2.66. The third-order valence-electron chi connectivity index (χ3n) is 3.85. The van der Waals surface area contributed by atoms with Gasteiger partial charge in [-0.2, -0.15) is 0 Å². The quantitative estimate of drug-likeness (QED) is 0.543. The van der Waals surface area contributed by atoms with Gasteiger partial charge in [0.2, 0.25) is 0 Å². The fourth-order valence-electron chi connectivity index (χ4n) is 2.56. The molecule has 0 amide bonds. The monoisotopic (exact) mass is 327 g/mol. The van der Waals surface area contributed by atoms with E-state index in [2.05, 4.69) is 0 Å². The highest BCUT2D eigenvalue weighted by molar-refractivity contribution is 6.12. The Labute approximate surface area is 148 Å². The number of nitrogens with two attached hydrogens (primary N) is 2. The number of nitrogens with zero attached hydrogens (tertiary/aromatic N) is 1. The summed E-state index contributed by atoms with van der Waals surface area (Å²) in [5.41, 5.74) is 17.5. The summed E-state index contributed by atoms with van der Waals surface area (Å²) in [4.78, 5) is 4.78. The van der Waals surface area contributed by atoms with Gasteiger partial charge < -0.3 is 11.5 Å². The number of anilines is 1. The van der Waals surface area contributed by atoms with Crippen LogP contribution in [0.3, 0.4) is 0 Å². The molecule has 3 aromatic carbocycles. The summed E-state index contributed by atoms with van der Waals surface area (Å²) in [6, 6.07) is 27.7. The molecule has 0 unspecified atom stereocenters. The molecule has 0 atom stereocenters. The number of hydrogen-bond acceptors (Lipinski definition) is 3. The van der Waals surface area contributed by atoms with Crippen molar-refractivity contribution >= 4 is 17.1 Å². The maximum absolute atomic E-state index is 6.29. The molecule has 124 valence electrons. The molecule has 0 saturated heterocycles. The Morgan fingerprint density at radius 1 is 0.800 bits per heavy atom. The summed E-state index contributed by atoms with van der Waals surface area (Å²) < 4.78 is 0. The Kier molecular flexibility index (Phi) is 5.27. The number of aliphatic imine (C=N–C) groups is 1. The van der Waals surface area contributed by atoms with Crippen molar-refractivity contribution < 1.29 is 0 Å². The number of nitrogen functional groups attached to an aromatic ring is 1.